The molecule has 11 rings (SSSR count). The summed E-state index contributed by atoms with van der Waals surface area (Å²) in [5.41, 5.74) is 7.82. The van der Waals surface area contributed by atoms with Gasteiger partial charge in [0.25, 0.3) is 0 Å². The molecule has 0 amide bonds. The molecule has 3 unspecified atom stereocenters. The lowest BCUT2D eigenvalue weighted by Crippen LogP contribution is -2.54. The Labute approximate surface area is 302 Å². The quantitative estimate of drug-likeness (QED) is 0.172. The van der Waals surface area contributed by atoms with Crippen molar-refractivity contribution < 1.29 is 4.42 Å². The number of rotatable bonds is 4. The zero-order chi connectivity index (χ0) is 33.5. The van der Waals surface area contributed by atoms with E-state index in [2.05, 4.69) is 168 Å². The first-order chi connectivity index (χ1) is 25.2. The molecular formula is C45H31N3OS2. The van der Waals surface area contributed by atoms with Crippen molar-refractivity contribution in [3.63, 3.8) is 0 Å². The Morgan fingerprint density at radius 2 is 1.00 bits per heavy atom. The molecular weight excluding hydrogens is 663 g/mol. The summed E-state index contributed by atoms with van der Waals surface area (Å²) in [5.74, 6) is 0. The molecule has 1 aliphatic rings. The lowest BCUT2D eigenvalue weighted by Gasteiger charge is -2.39. The Balaban J connectivity index is 1.04. The minimum absolute atomic E-state index is 0.0570. The average Bonchev–Trinajstić information content (AvgIpc) is 3.88. The molecule has 0 radical (unpaired) electrons. The maximum atomic E-state index is 6.53. The summed E-state index contributed by atoms with van der Waals surface area (Å²) in [7, 11) is 0. The van der Waals surface area contributed by atoms with Gasteiger partial charge in [-0.3, -0.25) is 16.0 Å². The first-order valence-corrected chi connectivity index (χ1v) is 19.0. The van der Waals surface area contributed by atoms with Crippen LogP contribution in [0.5, 0.6) is 0 Å². The minimum Gasteiger partial charge on any atom is -0.456 e. The van der Waals surface area contributed by atoms with Gasteiger partial charge in [-0.1, -0.05) is 115 Å². The third kappa shape index (κ3) is 4.76. The molecule has 3 atom stereocenters. The molecule has 51 heavy (non-hydrogen) atoms. The van der Waals surface area contributed by atoms with Gasteiger partial charge in [0.1, 0.15) is 11.2 Å². The summed E-state index contributed by atoms with van der Waals surface area (Å²) < 4.78 is 11.8. The first kappa shape index (κ1) is 29.4. The monoisotopic (exact) mass is 693 g/mol. The summed E-state index contributed by atoms with van der Waals surface area (Å²) in [6.07, 6.45) is -0.250. The molecule has 0 spiro atoms. The lowest BCUT2D eigenvalue weighted by molar-refractivity contribution is 0.203. The molecule has 3 N–H and O–H groups in total. The topological polar surface area (TPSA) is 49.2 Å². The van der Waals surface area contributed by atoms with Crippen LogP contribution in [-0.2, 0) is 0 Å². The molecule has 1 aliphatic heterocycles. The van der Waals surface area contributed by atoms with Crippen LogP contribution in [0.1, 0.15) is 35.2 Å². The van der Waals surface area contributed by atoms with Gasteiger partial charge in [0.2, 0.25) is 0 Å². The van der Waals surface area contributed by atoms with Crippen LogP contribution in [0, 0.1) is 0 Å². The Hall–Kier alpha value is -5.34. The molecule has 0 saturated carbocycles. The first-order valence-electron chi connectivity index (χ1n) is 17.4. The van der Waals surface area contributed by atoms with Crippen molar-refractivity contribution in [2.75, 3.05) is 0 Å². The summed E-state index contributed by atoms with van der Waals surface area (Å²) in [6.45, 7) is 0. The number of benzene rings is 7. The molecule has 4 heterocycles. The predicted octanol–water partition coefficient (Wildman–Crippen LogP) is 12.2. The predicted molar refractivity (Wildman–Crippen MR) is 215 cm³/mol. The van der Waals surface area contributed by atoms with Crippen molar-refractivity contribution in [2.45, 2.75) is 18.5 Å². The van der Waals surface area contributed by atoms with E-state index in [0.717, 1.165) is 27.5 Å². The largest absolute Gasteiger partial charge is 0.456 e. The highest BCUT2D eigenvalue weighted by atomic mass is 32.1. The van der Waals surface area contributed by atoms with Gasteiger partial charge in [0.05, 0.1) is 18.5 Å². The fourth-order valence-corrected chi connectivity index (χ4v) is 10.4. The SMILES string of the molecule is c1ccc(C2NC(c3ccc4c(c3)sc3ccccc34)NC(c3ccc4oc5cccc(-c6cccc7c6sc6ccccc67)c5c4c3)N2)cc1. The Morgan fingerprint density at radius 1 is 0.392 bits per heavy atom. The smallest absolute Gasteiger partial charge is 0.136 e. The normalized spacial score (nSPS) is 18.2. The zero-order valence-electron chi connectivity index (χ0n) is 27.4. The van der Waals surface area contributed by atoms with E-state index in [1.165, 1.54) is 62.6 Å². The fraction of sp³-hybridized carbons (Fsp3) is 0.0667. The van der Waals surface area contributed by atoms with E-state index in [1.807, 2.05) is 22.7 Å². The summed E-state index contributed by atoms with van der Waals surface area (Å²) in [5, 5.41) is 19.2. The standard InChI is InChI=1S/C45H31N3OS2/c1-2-10-26(11-3-1)43-46-44(48-45(47-43)28-20-22-31-29-12-4-6-18-38(29)50-40(31)25-28)27-21-23-36-35(24-27)41-32(14-9-17-37(41)49-36)34-16-8-15-33-30-13-5-7-19-39(30)51-42(33)34/h1-25,43-48H. The molecule has 7 aromatic carbocycles. The number of nitrogens with one attached hydrogen (secondary N) is 3. The second kappa shape index (κ2) is 11.6. The highest BCUT2D eigenvalue weighted by molar-refractivity contribution is 7.26. The van der Waals surface area contributed by atoms with Crippen molar-refractivity contribution in [1.82, 2.24) is 16.0 Å². The van der Waals surface area contributed by atoms with E-state index in [1.54, 1.807) is 0 Å². The Bertz CT molecular complexity index is 2940. The fourth-order valence-electron chi connectivity index (χ4n) is 8.00. The van der Waals surface area contributed by atoms with Crippen LogP contribution in [0.25, 0.3) is 73.4 Å². The molecule has 1 fully saturated rings. The van der Waals surface area contributed by atoms with Crippen LogP contribution < -0.4 is 16.0 Å². The third-order valence-electron chi connectivity index (χ3n) is 10.4. The lowest BCUT2D eigenvalue weighted by atomic mass is 9.96. The summed E-state index contributed by atoms with van der Waals surface area (Å²) in [4.78, 5) is 0. The van der Waals surface area contributed by atoms with Gasteiger partial charge >= 0.3 is 0 Å². The van der Waals surface area contributed by atoms with Crippen molar-refractivity contribution in [3.8, 4) is 11.1 Å². The van der Waals surface area contributed by atoms with E-state index >= 15 is 0 Å². The van der Waals surface area contributed by atoms with E-state index in [4.69, 9.17) is 4.42 Å². The number of hydrogen-bond acceptors (Lipinski definition) is 6. The maximum Gasteiger partial charge on any atom is 0.136 e. The number of thiophene rings is 2. The summed E-state index contributed by atoms with van der Waals surface area (Å²) in [6, 6.07) is 54.8. The van der Waals surface area contributed by atoms with Crippen molar-refractivity contribution in [3.05, 3.63) is 168 Å². The molecule has 244 valence electrons. The van der Waals surface area contributed by atoms with Crippen molar-refractivity contribution >= 4 is 85.0 Å². The van der Waals surface area contributed by atoms with E-state index in [0.29, 0.717) is 0 Å². The second-order valence-corrected chi connectivity index (χ2v) is 15.5. The maximum absolute atomic E-state index is 6.53. The van der Waals surface area contributed by atoms with Crippen LogP contribution in [-0.4, -0.2) is 0 Å². The van der Waals surface area contributed by atoms with Gasteiger partial charge in [-0.2, -0.15) is 0 Å². The average molecular weight is 694 g/mol. The Kier molecular flexibility index (Phi) is 6.69. The molecule has 3 aromatic heterocycles. The molecule has 10 aromatic rings. The van der Waals surface area contributed by atoms with Gasteiger partial charge in [-0.05, 0) is 58.7 Å². The highest BCUT2D eigenvalue weighted by Gasteiger charge is 2.30. The van der Waals surface area contributed by atoms with Crippen LogP contribution >= 0.6 is 22.7 Å². The third-order valence-corrected chi connectivity index (χ3v) is 12.8. The molecule has 6 heteroatoms. The van der Waals surface area contributed by atoms with E-state index < -0.39 is 0 Å². The van der Waals surface area contributed by atoms with Crippen LogP contribution in [0.4, 0.5) is 0 Å². The summed E-state index contributed by atoms with van der Waals surface area (Å²) >= 11 is 3.72. The van der Waals surface area contributed by atoms with Crippen LogP contribution in [0.3, 0.4) is 0 Å². The van der Waals surface area contributed by atoms with Crippen molar-refractivity contribution in [2.24, 2.45) is 0 Å². The minimum atomic E-state index is -0.118. The molecule has 1 saturated heterocycles. The van der Waals surface area contributed by atoms with Gasteiger partial charge < -0.3 is 4.42 Å². The van der Waals surface area contributed by atoms with E-state index in [9.17, 15) is 0 Å². The molecule has 4 nitrogen and oxygen atoms in total. The van der Waals surface area contributed by atoms with Crippen LogP contribution in [0.2, 0.25) is 0 Å². The molecule has 0 bridgehead atoms. The van der Waals surface area contributed by atoms with Crippen molar-refractivity contribution in [1.29, 1.82) is 0 Å². The van der Waals surface area contributed by atoms with Gasteiger partial charge in [-0.25, -0.2) is 0 Å². The zero-order valence-corrected chi connectivity index (χ0v) is 29.0. The number of fused-ring (bicyclic) bond motifs is 9. The van der Waals surface area contributed by atoms with Crippen LogP contribution in [0.15, 0.2) is 156 Å². The molecule has 0 aliphatic carbocycles. The van der Waals surface area contributed by atoms with E-state index in [-0.39, 0.29) is 18.5 Å². The highest BCUT2D eigenvalue weighted by Crippen LogP contribution is 2.44. The van der Waals surface area contributed by atoms with Gasteiger partial charge in [-0.15, -0.1) is 22.7 Å². The van der Waals surface area contributed by atoms with Gasteiger partial charge in [0, 0.05) is 56.7 Å². The second-order valence-electron chi connectivity index (χ2n) is 13.4. The number of furan rings is 1. The number of hydrogen-bond donors (Lipinski definition) is 3. The Morgan fingerprint density at radius 3 is 1.82 bits per heavy atom. The van der Waals surface area contributed by atoms with Gasteiger partial charge in [0.15, 0.2) is 0 Å².